The minimum absolute atomic E-state index is 0.164. The molecule has 0 bridgehead atoms. The molecule has 3 aromatic carbocycles. The first-order valence-electron chi connectivity index (χ1n) is 8.33. The van der Waals surface area contributed by atoms with E-state index >= 15 is 0 Å². The van der Waals surface area contributed by atoms with Gasteiger partial charge in [-0.1, -0.05) is 65.9 Å². The van der Waals surface area contributed by atoms with Gasteiger partial charge in [0, 0.05) is 5.56 Å². The summed E-state index contributed by atoms with van der Waals surface area (Å²) in [6.07, 6.45) is 0. The van der Waals surface area contributed by atoms with E-state index in [9.17, 15) is 9.18 Å². The number of halogens is 1. The van der Waals surface area contributed by atoms with Crippen LogP contribution in [0.3, 0.4) is 0 Å². The van der Waals surface area contributed by atoms with E-state index in [4.69, 9.17) is 4.74 Å². The number of amides is 1. The number of benzene rings is 3. The van der Waals surface area contributed by atoms with E-state index in [1.54, 1.807) is 12.1 Å². The van der Waals surface area contributed by atoms with Gasteiger partial charge < -0.3 is 4.74 Å². The van der Waals surface area contributed by atoms with E-state index in [1.807, 2.05) is 54.6 Å². The van der Waals surface area contributed by atoms with Crippen molar-refractivity contribution in [2.75, 3.05) is 11.9 Å². The quantitative estimate of drug-likeness (QED) is 0.524. The summed E-state index contributed by atoms with van der Waals surface area (Å²) < 4.78 is 20.1. The molecule has 0 saturated carbocycles. The SMILES string of the molecule is O=C(COc1ccccc1-c1ccccc1)Nc1nc2c(F)cccc2s1. The van der Waals surface area contributed by atoms with E-state index in [0.29, 0.717) is 15.6 Å². The largest absolute Gasteiger partial charge is 0.483 e. The van der Waals surface area contributed by atoms with Crippen molar-refractivity contribution in [2.45, 2.75) is 0 Å². The average Bonchev–Trinajstić information content (AvgIpc) is 3.11. The van der Waals surface area contributed by atoms with Crippen LogP contribution in [0, 0.1) is 5.82 Å². The number of fused-ring (bicyclic) bond motifs is 1. The Labute approximate surface area is 159 Å². The van der Waals surface area contributed by atoms with Crippen molar-refractivity contribution in [2.24, 2.45) is 0 Å². The number of nitrogens with one attached hydrogen (secondary N) is 1. The van der Waals surface area contributed by atoms with Gasteiger partial charge in [-0.05, 0) is 23.8 Å². The Morgan fingerprint density at radius 3 is 2.59 bits per heavy atom. The summed E-state index contributed by atoms with van der Waals surface area (Å²) in [6, 6.07) is 22.1. The number of para-hydroxylation sites is 2. The molecule has 0 aliphatic carbocycles. The summed E-state index contributed by atoms with van der Waals surface area (Å²) in [5.41, 5.74) is 2.18. The lowest BCUT2D eigenvalue weighted by Gasteiger charge is -2.11. The molecule has 1 heterocycles. The van der Waals surface area contributed by atoms with E-state index in [0.717, 1.165) is 11.1 Å². The van der Waals surface area contributed by atoms with Gasteiger partial charge in [0.1, 0.15) is 17.1 Å². The molecule has 0 aliphatic heterocycles. The van der Waals surface area contributed by atoms with Crippen molar-refractivity contribution < 1.29 is 13.9 Å². The predicted molar refractivity (Wildman–Crippen MR) is 106 cm³/mol. The molecular formula is C21H15FN2O2S. The Bertz CT molecular complexity index is 1100. The molecule has 0 radical (unpaired) electrons. The van der Waals surface area contributed by atoms with Crippen LogP contribution in [-0.2, 0) is 4.79 Å². The maximum Gasteiger partial charge on any atom is 0.264 e. The fraction of sp³-hybridized carbons (Fsp3) is 0.0476. The lowest BCUT2D eigenvalue weighted by Crippen LogP contribution is -2.20. The first kappa shape index (κ1) is 17.2. The fourth-order valence-corrected chi connectivity index (χ4v) is 3.61. The molecule has 1 amide bonds. The van der Waals surface area contributed by atoms with Crippen molar-refractivity contribution in [3.8, 4) is 16.9 Å². The zero-order valence-electron chi connectivity index (χ0n) is 14.2. The average molecular weight is 378 g/mol. The number of hydrogen-bond donors (Lipinski definition) is 1. The van der Waals surface area contributed by atoms with Gasteiger partial charge in [0.25, 0.3) is 5.91 Å². The van der Waals surface area contributed by atoms with E-state index in [1.165, 1.54) is 17.4 Å². The van der Waals surface area contributed by atoms with Crippen LogP contribution in [0.15, 0.2) is 72.8 Å². The van der Waals surface area contributed by atoms with E-state index < -0.39 is 5.82 Å². The summed E-state index contributed by atoms with van der Waals surface area (Å²) in [5, 5.41) is 3.01. The van der Waals surface area contributed by atoms with Gasteiger partial charge in [0.15, 0.2) is 11.7 Å². The number of rotatable bonds is 5. The number of carbonyl (C=O) groups is 1. The van der Waals surface area contributed by atoms with Gasteiger partial charge in [-0.3, -0.25) is 10.1 Å². The van der Waals surface area contributed by atoms with E-state index in [2.05, 4.69) is 10.3 Å². The number of anilines is 1. The lowest BCUT2D eigenvalue weighted by atomic mass is 10.1. The number of carbonyl (C=O) groups excluding carboxylic acids is 1. The molecule has 4 rings (SSSR count). The first-order chi connectivity index (χ1) is 13.2. The summed E-state index contributed by atoms with van der Waals surface area (Å²) in [6.45, 7) is -0.164. The Morgan fingerprint density at radius 1 is 1.00 bits per heavy atom. The zero-order chi connectivity index (χ0) is 18.6. The zero-order valence-corrected chi connectivity index (χ0v) is 15.0. The summed E-state index contributed by atoms with van der Waals surface area (Å²) in [4.78, 5) is 16.4. The van der Waals surface area contributed by atoms with Gasteiger partial charge >= 0.3 is 0 Å². The topological polar surface area (TPSA) is 51.2 Å². The summed E-state index contributed by atoms with van der Waals surface area (Å²) in [5.74, 6) is -0.135. The van der Waals surface area contributed by atoms with Crippen molar-refractivity contribution in [3.63, 3.8) is 0 Å². The molecule has 6 heteroatoms. The molecule has 0 fully saturated rings. The minimum Gasteiger partial charge on any atom is -0.483 e. The molecule has 0 unspecified atom stereocenters. The van der Waals surface area contributed by atoms with Gasteiger partial charge in [-0.15, -0.1) is 0 Å². The Balaban J connectivity index is 1.46. The van der Waals surface area contributed by atoms with Crippen molar-refractivity contribution in [1.82, 2.24) is 4.98 Å². The molecular weight excluding hydrogens is 363 g/mol. The summed E-state index contributed by atoms with van der Waals surface area (Å²) in [7, 11) is 0. The molecule has 0 atom stereocenters. The third-order valence-corrected chi connectivity index (χ3v) is 4.88. The smallest absolute Gasteiger partial charge is 0.264 e. The monoisotopic (exact) mass is 378 g/mol. The lowest BCUT2D eigenvalue weighted by molar-refractivity contribution is -0.118. The van der Waals surface area contributed by atoms with Crippen molar-refractivity contribution >= 4 is 32.6 Å². The molecule has 0 saturated heterocycles. The maximum atomic E-state index is 13.7. The molecule has 1 N–H and O–H groups in total. The van der Waals surface area contributed by atoms with E-state index in [-0.39, 0.29) is 18.0 Å². The highest BCUT2D eigenvalue weighted by atomic mass is 32.1. The van der Waals surface area contributed by atoms with Crippen LogP contribution in [0.1, 0.15) is 0 Å². The van der Waals surface area contributed by atoms with Crippen LogP contribution in [0.4, 0.5) is 9.52 Å². The molecule has 4 aromatic rings. The van der Waals surface area contributed by atoms with Crippen LogP contribution >= 0.6 is 11.3 Å². The normalized spacial score (nSPS) is 10.7. The van der Waals surface area contributed by atoms with Crippen LogP contribution < -0.4 is 10.1 Å². The van der Waals surface area contributed by atoms with Crippen LogP contribution in [0.2, 0.25) is 0 Å². The Kier molecular flexibility index (Phi) is 4.80. The Morgan fingerprint density at radius 2 is 1.78 bits per heavy atom. The molecule has 4 nitrogen and oxygen atoms in total. The van der Waals surface area contributed by atoms with Gasteiger partial charge in [-0.25, -0.2) is 9.37 Å². The second kappa shape index (κ2) is 7.55. The van der Waals surface area contributed by atoms with Crippen molar-refractivity contribution in [3.05, 3.63) is 78.6 Å². The third-order valence-electron chi connectivity index (χ3n) is 3.95. The van der Waals surface area contributed by atoms with Crippen molar-refractivity contribution in [1.29, 1.82) is 0 Å². The maximum absolute atomic E-state index is 13.7. The summed E-state index contributed by atoms with van der Waals surface area (Å²) >= 11 is 1.22. The van der Waals surface area contributed by atoms with Gasteiger partial charge in [-0.2, -0.15) is 0 Å². The number of aromatic nitrogens is 1. The molecule has 1 aromatic heterocycles. The first-order valence-corrected chi connectivity index (χ1v) is 9.14. The minimum atomic E-state index is -0.405. The molecule has 134 valence electrons. The highest BCUT2D eigenvalue weighted by molar-refractivity contribution is 7.22. The fourth-order valence-electron chi connectivity index (χ4n) is 2.72. The standard InChI is InChI=1S/C21H15FN2O2S/c22-16-10-6-12-18-20(16)24-21(27-18)23-19(25)13-26-17-11-5-4-9-15(17)14-7-2-1-3-8-14/h1-12H,13H2,(H,23,24,25). The predicted octanol–water partition coefficient (Wildman–Crippen LogP) is 5.12. The van der Waals surface area contributed by atoms with Crippen LogP contribution in [0.25, 0.3) is 21.3 Å². The second-order valence-corrected chi connectivity index (χ2v) is 6.84. The molecule has 0 spiro atoms. The number of hydrogen-bond acceptors (Lipinski definition) is 4. The number of thiazole rings is 1. The molecule has 27 heavy (non-hydrogen) atoms. The van der Waals surface area contributed by atoms with Gasteiger partial charge in [0.05, 0.1) is 4.70 Å². The number of nitrogens with zero attached hydrogens (tertiary/aromatic N) is 1. The highest BCUT2D eigenvalue weighted by Crippen LogP contribution is 2.30. The number of ether oxygens (including phenoxy) is 1. The molecule has 0 aliphatic rings. The van der Waals surface area contributed by atoms with Gasteiger partial charge in [0.2, 0.25) is 0 Å². The van der Waals surface area contributed by atoms with Crippen LogP contribution in [-0.4, -0.2) is 17.5 Å². The Hall–Kier alpha value is -3.25. The highest BCUT2D eigenvalue weighted by Gasteiger charge is 2.12. The second-order valence-electron chi connectivity index (χ2n) is 5.80. The van der Waals surface area contributed by atoms with Crippen LogP contribution in [0.5, 0.6) is 5.75 Å². The third kappa shape index (κ3) is 3.80.